The molecule has 1 aromatic rings. The Bertz CT molecular complexity index is 334. The average molecular weight is 173 g/mol. The average Bonchev–Trinajstić information content (AvgIpc) is 2.16. The minimum Gasteiger partial charge on any atom is -0.309 e. The van der Waals surface area contributed by atoms with Gasteiger partial charge in [-0.2, -0.15) is 0 Å². The number of nitrogens with zero attached hydrogens (tertiary/aromatic N) is 1. The van der Waals surface area contributed by atoms with Gasteiger partial charge in [-0.15, -0.1) is 0 Å². The molecule has 1 heterocycles. The summed E-state index contributed by atoms with van der Waals surface area (Å²) in [6.07, 6.45) is 8.68. The zero-order valence-corrected chi connectivity index (χ0v) is 7.70. The Morgan fingerprint density at radius 2 is 2.08 bits per heavy atom. The molecule has 0 amide bonds. The lowest BCUT2D eigenvalue weighted by atomic mass is 10.1. The minimum atomic E-state index is 0.968. The van der Waals surface area contributed by atoms with Gasteiger partial charge in [0.1, 0.15) is 7.05 Å². The predicted octanol–water partition coefficient (Wildman–Crippen LogP) is 1.73. The van der Waals surface area contributed by atoms with Crippen LogP contribution in [0.4, 0.5) is 0 Å². The number of hydrogen-bond donors (Lipinski definition) is 1. The highest BCUT2D eigenvalue weighted by Gasteiger charge is 1.97. The van der Waals surface area contributed by atoms with E-state index in [9.17, 15) is 0 Å². The van der Waals surface area contributed by atoms with Crippen LogP contribution in [-0.2, 0) is 7.05 Å². The fourth-order valence-electron chi connectivity index (χ4n) is 1.07. The fraction of sp³-hybridized carbons (Fsp3) is 0.0909. The molecule has 0 aliphatic rings. The summed E-state index contributed by atoms with van der Waals surface area (Å²) >= 11 is 0. The molecule has 13 heavy (non-hydrogen) atoms. The third-order valence-corrected chi connectivity index (χ3v) is 1.79. The van der Waals surface area contributed by atoms with Crippen LogP contribution in [0.25, 0.3) is 5.57 Å². The highest BCUT2D eigenvalue weighted by atomic mass is 14.9. The molecule has 2 heteroatoms. The number of nitrogens with one attached hydrogen (secondary N) is 1. The van der Waals surface area contributed by atoms with Crippen molar-refractivity contribution in [3.05, 3.63) is 48.8 Å². The quantitative estimate of drug-likeness (QED) is 0.409. The number of rotatable bonds is 3. The van der Waals surface area contributed by atoms with Crippen molar-refractivity contribution in [2.75, 3.05) is 0 Å². The van der Waals surface area contributed by atoms with Crippen molar-refractivity contribution >= 4 is 11.8 Å². The highest BCUT2D eigenvalue weighted by Crippen LogP contribution is 2.12. The van der Waals surface area contributed by atoms with Crippen LogP contribution in [-0.4, -0.2) is 6.21 Å². The van der Waals surface area contributed by atoms with E-state index in [1.54, 1.807) is 12.2 Å². The van der Waals surface area contributed by atoms with E-state index in [-0.39, 0.29) is 0 Å². The van der Waals surface area contributed by atoms with Crippen LogP contribution in [0.5, 0.6) is 0 Å². The third kappa shape index (κ3) is 2.37. The van der Waals surface area contributed by atoms with Gasteiger partial charge in [-0.05, 0) is 17.2 Å². The maximum absolute atomic E-state index is 6.97. The standard InChI is InChI=1S/C11H13N2/c1-3-10(4-7-12)11-5-8-13(2)9-6-11/h3-9,12H,1H2,2H3/q+1/b10-4+,12-7?. The smallest absolute Gasteiger partial charge is 0.169 e. The molecule has 0 aliphatic carbocycles. The summed E-state index contributed by atoms with van der Waals surface area (Å²) in [7, 11) is 1.97. The number of aryl methyl sites for hydroxylation is 1. The first-order chi connectivity index (χ1) is 6.27. The molecule has 66 valence electrons. The van der Waals surface area contributed by atoms with E-state index in [1.807, 2.05) is 36.1 Å². The molecule has 1 rings (SSSR count). The zero-order chi connectivity index (χ0) is 9.68. The first-order valence-electron chi connectivity index (χ1n) is 4.07. The molecule has 0 saturated carbocycles. The van der Waals surface area contributed by atoms with Gasteiger partial charge >= 0.3 is 0 Å². The molecule has 0 unspecified atom stereocenters. The van der Waals surface area contributed by atoms with Crippen LogP contribution >= 0.6 is 0 Å². The van der Waals surface area contributed by atoms with E-state index < -0.39 is 0 Å². The summed E-state index contributed by atoms with van der Waals surface area (Å²) in [5, 5.41) is 6.97. The van der Waals surface area contributed by atoms with Crippen molar-refractivity contribution in [3.8, 4) is 0 Å². The maximum Gasteiger partial charge on any atom is 0.169 e. The monoisotopic (exact) mass is 173 g/mol. The van der Waals surface area contributed by atoms with Gasteiger partial charge in [0, 0.05) is 18.3 Å². The normalized spacial score (nSPS) is 11.0. The number of allylic oxidation sites excluding steroid dienone is 3. The summed E-state index contributed by atoms with van der Waals surface area (Å²) < 4.78 is 1.97. The van der Waals surface area contributed by atoms with Crippen molar-refractivity contribution in [2.45, 2.75) is 0 Å². The second-order valence-corrected chi connectivity index (χ2v) is 2.75. The Kier molecular flexibility index (Phi) is 3.15. The van der Waals surface area contributed by atoms with Crippen LogP contribution in [0.3, 0.4) is 0 Å². The summed E-state index contributed by atoms with van der Waals surface area (Å²) in [6.45, 7) is 3.70. The number of pyridine rings is 1. The molecule has 0 atom stereocenters. The number of hydrogen-bond acceptors (Lipinski definition) is 1. The predicted molar refractivity (Wildman–Crippen MR) is 54.6 cm³/mol. The second kappa shape index (κ2) is 4.36. The molecular weight excluding hydrogens is 160 g/mol. The molecule has 0 radical (unpaired) electrons. The maximum atomic E-state index is 6.97. The third-order valence-electron chi connectivity index (χ3n) is 1.79. The van der Waals surface area contributed by atoms with Crippen molar-refractivity contribution < 1.29 is 4.57 Å². The van der Waals surface area contributed by atoms with Crippen LogP contribution in [0, 0.1) is 5.41 Å². The van der Waals surface area contributed by atoms with Crippen LogP contribution in [0.15, 0.2) is 43.3 Å². The summed E-state index contributed by atoms with van der Waals surface area (Å²) in [4.78, 5) is 0. The van der Waals surface area contributed by atoms with E-state index in [0.717, 1.165) is 11.1 Å². The van der Waals surface area contributed by atoms with Crippen LogP contribution in [0.1, 0.15) is 5.56 Å². The molecule has 0 fully saturated rings. The Morgan fingerprint density at radius 3 is 2.54 bits per heavy atom. The lowest BCUT2D eigenvalue weighted by Gasteiger charge is -1.98. The van der Waals surface area contributed by atoms with Gasteiger partial charge in [0.15, 0.2) is 12.4 Å². The molecule has 0 bridgehead atoms. The zero-order valence-electron chi connectivity index (χ0n) is 7.70. The van der Waals surface area contributed by atoms with Crippen molar-refractivity contribution in [2.24, 2.45) is 7.05 Å². The van der Waals surface area contributed by atoms with Crippen molar-refractivity contribution in [3.63, 3.8) is 0 Å². The molecule has 1 aromatic heterocycles. The summed E-state index contributed by atoms with van der Waals surface area (Å²) in [5.41, 5.74) is 2.05. The largest absolute Gasteiger partial charge is 0.309 e. The first kappa shape index (κ1) is 9.39. The molecular formula is C11H13N2+. The molecule has 0 aromatic carbocycles. The number of aromatic nitrogens is 1. The first-order valence-corrected chi connectivity index (χ1v) is 4.07. The van der Waals surface area contributed by atoms with E-state index in [0.29, 0.717) is 0 Å². The van der Waals surface area contributed by atoms with E-state index in [1.165, 1.54) is 6.21 Å². The van der Waals surface area contributed by atoms with Gasteiger partial charge in [0.2, 0.25) is 0 Å². The Labute approximate surface area is 78.4 Å². The molecule has 1 N–H and O–H groups in total. The summed E-state index contributed by atoms with van der Waals surface area (Å²) in [6, 6.07) is 3.99. The molecule has 0 saturated heterocycles. The lowest BCUT2D eigenvalue weighted by Crippen LogP contribution is -2.25. The van der Waals surface area contributed by atoms with Crippen molar-refractivity contribution in [1.29, 1.82) is 5.41 Å². The van der Waals surface area contributed by atoms with E-state index >= 15 is 0 Å². The summed E-state index contributed by atoms with van der Waals surface area (Å²) in [5.74, 6) is 0. The van der Waals surface area contributed by atoms with E-state index in [4.69, 9.17) is 5.41 Å². The van der Waals surface area contributed by atoms with Crippen LogP contribution < -0.4 is 4.57 Å². The molecule has 0 aliphatic heterocycles. The Hall–Kier alpha value is -1.70. The lowest BCUT2D eigenvalue weighted by molar-refractivity contribution is -0.671. The van der Waals surface area contributed by atoms with Gasteiger partial charge in [0.25, 0.3) is 0 Å². The Morgan fingerprint density at radius 1 is 1.46 bits per heavy atom. The SMILES string of the molecule is C=C/C(=C\C=N)c1cc[n+](C)cc1. The Balaban J connectivity index is 3.06. The minimum absolute atomic E-state index is 0.968. The fourth-order valence-corrected chi connectivity index (χ4v) is 1.07. The second-order valence-electron chi connectivity index (χ2n) is 2.75. The van der Waals surface area contributed by atoms with Gasteiger partial charge < -0.3 is 5.41 Å². The molecule has 0 spiro atoms. The van der Waals surface area contributed by atoms with Crippen LogP contribution in [0.2, 0.25) is 0 Å². The topological polar surface area (TPSA) is 27.7 Å². The van der Waals surface area contributed by atoms with E-state index in [2.05, 4.69) is 6.58 Å². The van der Waals surface area contributed by atoms with Gasteiger partial charge in [-0.3, -0.25) is 0 Å². The van der Waals surface area contributed by atoms with Gasteiger partial charge in [0.05, 0.1) is 0 Å². The van der Waals surface area contributed by atoms with Gasteiger partial charge in [-0.25, -0.2) is 4.57 Å². The van der Waals surface area contributed by atoms with Crippen molar-refractivity contribution in [1.82, 2.24) is 0 Å². The molecule has 2 nitrogen and oxygen atoms in total. The highest BCUT2D eigenvalue weighted by molar-refractivity contribution is 5.86. The van der Waals surface area contributed by atoms with Gasteiger partial charge in [-0.1, -0.05) is 12.7 Å².